The molecule has 2 fully saturated rings. The van der Waals surface area contributed by atoms with Gasteiger partial charge in [-0.25, -0.2) is 15.0 Å². The molecule has 1 aliphatic heterocycles. The van der Waals surface area contributed by atoms with Crippen molar-refractivity contribution in [3.05, 3.63) is 41.9 Å². The van der Waals surface area contributed by atoms with Crippen LogP contribution in [0.5, 0.6) is 0 Å². The summed E-state index contributed by atoms with van der Waals surface area (Å²) in [5.74, 6) is 0.619. The normalized spacial score (nSPS) is 24.3. The van der Waals surface area contributed by atoms with Gasteiger partial charge in [0.2, 0.25) is 0 Å². The lowest BCUT2D eigenvalue weighted by Crippen LogP contribution is -2.48. The first-order chi connectivity index (χ1) is 12.4. The zero-order valence-electron chi connectivity index (χ0n) is 14.0. The van der Waals surface area contributed by atoms with Crippen LogP contribution in [0.3, 0.4) is 0 Å². The molecule has 0 atom stereocenters. The molecule has 0 N–H and O–H groups in total. The molecule has 5 rings (SSSR count). The van der Waals surface area contributed by atoms with Crippen molar-refractivity contribution in [2.45, 2.75) is 24.8 Å². The second-order valence-electron chi connectivity index (χ2n) is 6.83. The molecule has 128 valence electrons. The predicted molar refractivity (Wildman–Crippen MR) is 98.8 cm³/mol. The van der Waals surface area contributed by atoms with E-state index in [2.05, 4.69) is 33.1 Å². The molecule has 5 nitrogen and oxygen atoms in total. The second-order valence-corrected chi connectivity index (χ2v) is 7.89. The molecule has 1 aromatic carbocycles. The van der Waals surface area contributed by atoms with E-state index in [4.69, 9.17) is 9.72 Å². The largest absolute Gasteiger partial charge is 0.379 e. The summed E-state index contributed by atoms with van der Waals surface area (Å²) in [6.07, 6.45) is 7.75. The molecule has 3 heterocycles. The molecule has 1 saturated carbocycles. The van der Waals surface area contributed by atoms with Crippen LogP contribution in [0.15, 0.2) is 36.9 Å². The number of morpholine rings is 1. The second kappa shape index (κ2) is 6.44. The number of benzene rings is 1. The van der Waals surface area contributed by atoms with E-state index in [0.29, 0.717) is 5.92 Å². The van der Waals surface area contributed by atoms with E-state index in [1.54, 1.807) is 6.33 Å². The number of thiazole rings is 1. The van der Waals surface area contributed by atoms with Gasteiger partial charge in [-0.15, -0.1) is 11.3 Å². The summed E-state index contributed by atoms with van der Waals surface area (Å²) < 4.78 is 6.71. The molecule has 1 aliphatic carbocycles. The van der Waals surface area contributed by atoms with Crippen LogP contribution in [0.2, 0.25) is 0 Å². The zero-order chi connectivity index (χ0) is 16.6. The van der Waals surface area contributed by atoms with Gasteiger partial charge in [-0.1, -0.05) is 6.07 Å². The first-order valence-corrected chi connectivity index (χ1v) is 9.66. The van der Waals surface area contributed by atoms with E-state index in [1.807, 2.05) is 23.7 Å². The van der Waals surface area contributed by atoms with Crippen LogP contribution in [0, 0.1) is 0 Å². The fourth-order valence-corrected chi connectivity index (χ4v) is 4.91. The maximum atomic E-state index is 5.46. The minimum Gasteiger partial charge on any atom is -0.379 e. The molecule has 0 unspecified atom stereocenters. The van der Waals surface area contributed by atoms with Gasteiger partial charge in [-0.3, -0.25) is 4.90 Å². The molecule has 0 bridgehead atoms. The Kier molecular flexibility index (Phi) is 3.96. The van der Waals surface area contributed by atoms with Gasteiger partial charge >= 0.3 is 0 Å². The molecule has 0 spiro atoms. The molecule has 6 heteroatoms. The van der Waals surface area contributed by atoms with E-state index < -0.39 is 0 Å². The summed E-state index contributed by atoms with van der Waals surface area (Å²) in [6, 6.07) is 7.17. The molecule has 2 aliphatic rings. The monoisotopic (exact) mass is 352 g/mol. The van der Waals surface area contributed by atoms with Crippen molar-refractivity contribution in [3.8, 4) is 11.1 Å². The lowest BCUT2D eigenvalue weighted by molar-refractivity contribution is -0.00698. The Balaban J connectivity index is 1.33. The maximum Gasteiger partial charge on any atom is 0.115 e. The van der Waals surface area contributed by atoms with Crippen LogP contribution in [0.1, 0.15) is 23.8 Å². The summed E-state index contributed by atoms with van der Waals surface area (Å²) in [5.41, 5.74) is 3.31. The van der Waals surface area contributed by atoms with Crippen LogP contribution in [-0.4, -0.2) is 52.2 Å². The van der Waals surface area contributed by atoms with Crippen LogP contribution in [0.4, 0.5) is 0 Å². The van der Waals surface area contributed by atoms with Crippen molar-refractivity contribution in [1.29, 1.82) is 0 Å². The molecular formula is C19H20N4OS. The van der Waals surface area contributed by atoms with Gasteiger partial charge in [0, 0.05) is 43.0 Å². The van der Waals surface area contributed by atoms with Crippen LogP contribution in [-0.2, 0) is 4.74 Å². The van der Waals surface area contributed by atoms with Crippen molar-refractivity contribution in [2.75, 3.05) is 26.3 Å². The summed E-state index contributed by atoms with van der Waals surface area (Å²) in [5, 5.41) is 1.29. The number of fused-ring (bicyclic) bond motifs is 1. The van der Waals surface area contributed by atoms with Crippen molar-refractivity contribution in [3.63, 3.8) is 0 Å². The van der Waals surface area contributed by atoms with Gasteiger partial charge in [0.1, 0.15) is 6.33 Å². The fourth-order valence-electron chi connectivity index (χ4n) is 3.77. The maximum absolute atomic E-state index is 5.46. The van der Waals surface area contributed by atoms with Crippen molar-refractivity contribution < 1.29 is 4.74 Å². The van der Waals surface area contributed by atoms with E-state index in [-0.39, 0.29) is 0 Å². The highest BCUT2D eigenvalue weighted by Crippen LogP contribution is 2.43. The fraction of sp³-hybridized carbons (Fsp3) is 0.421. The average Bonchev–Trinajstić information content (AvgIpc) is 3.04. The first kappa shape index (κ1) is 15.4. The third-order valence-corrected chi connectivity index (χ3v) is 6.50. The number of aromatic nitrogens is 3. The number of rotatable bonds is 3. The first-order valence-electron chi connectivity index (χ1n) is 8.84. The van der Waals surface area contributed by atoms with Crippen LogP contribution >= 0.6 is 11.3 Å². The third-order valence-electron chi connectivity index (χ3n) is 5.32. The third kappa shape index (κ3) is 2.94. The Hall–Kier alpha value is -1.89. The minimum absolute atomic E-state index is 0.619. The van der Waals surface area contributed by atoms with E-state index >= 15 is 0 Å². The summed E-state index contributed by atoms with van der Waals surface area (Å²) >= 11 is 1.84. The topological polar surface area (TPSA) is 51.1 Å². The molecule has 1 saturated heterocycles. The van der Waals surface area contributed by atoms with E-state index in [9.17, 15) is 0 Å². The van der Waals surface area contributed by atoms with Gasteiger partial charge in [0.25, 0.3) is 0 Å². The Labute approximate surface area is 150 Å². The predicted octanol–water partition coefficient (Wildman–Crippen LogP) is 3.33. The SMILES string of the molecule is c1ncc(-c2ccc3nc(C4CC(N5CCOCC5)C4)sc3c2)cn1. The van der Waals surface area contributed by atoms with Gasteiger partial charge < -0.3 is 4.74 Å². The van der Waals surface area contributed by atoms with Gasteiger partial charge in [0.15, 0.2) is 0 Å². The van der Waals surface area contributed by atoms with Crippen LogP contribution < -0.4 is 0 Å². The van der Waals surface area contributed by atoms with Gasteiger partial charge in [-0.05, 0) is 30.5 Å². The zero-order valence-corrected chi connectivity index (χ0v) is 14.8. The lowest BCUT2D eigenvalue weighted by Gasteiger charge is -2.43. The average molecular weight is 352 g/mol. The Morgan fingerprint density at radius 1 is 1.04 bits per heavy atom. The van der Waals surface area contributed by atoms with E-state index in [1.165, 1.54) is 22.5 Å². The van der Waals surface area contributed by atoms with Crippen LogP contribution in [0.25, 0.3) is 21.3 Å². The highest BCUT2D eigenvalue weighted by Gasteiger charge is 2.36. The van der Waals surface area contributed by atoms with Crippen molar-refractivity contribution in [1.82, 2.24) is 19.9 Å². The highest BCUT2D eigenvalue weighted by molar-refractivity contribution is 7.18. The molecule has 0 amide bonds. The Morgan fingerprint density at radius 2 is 1.84 bits per heavy atom. The molecule has 25 heavy (non-hydrogen) atoms. The summed E-state index contributed by atoms with van der Waals surface area (Å²) in [6.45, 7) is 3.93. The minimum atomic E-state index is 0.619. The van der Waals surface area contributed by atoms with Gasteiger partial charge in [-0.2, -0.15) is 0 Å². The number of nitrogens with zero attached hydrogens (tertiary/aromatic N) is 4. The molecule has 3 aromatic rings. The molecule has 0 radical (unpaired) electrons. The summed E-state index contributed by atoms with van der Waals surface area (Å²) in [4.78, 5) is 15.7. The highest BCUT2D eigenvalue weighted by atomic mass is 32.1. The standard InChI is InChI=1S/C19H20N4OS/c1-2-17-18(9-13(1)15-10-20-12-21-11-15)25-19(22-17)14-7-16(8-14)23-3-5-24-6-4-23/h1-2,9-12,14,16H,3-8H2. The number of hydrogen-bond donors (Lipinski definition) is 0. The van der Waals surface area contributed by atoms with E-state index in [0.717, 1.165) is 49.0 Å². The quantitative estimate of drug-likeness (QED) is 0.724. The smallest absolute Gasteiger partial charge is 0.115 e. The van der Waals surface area contributed by atoms with Crippen molar-refractivity contribution in [2.24, 2.45) is 0 Å². The molecular weight excluding hydrogens is 332 g/mol. The number of hydrogen-bond acceptors (Lipinski definition) is 6. The Bertz CT molecular complexity index is 870. The number of ether oxygens (including phenoxy) is 1. The lowest BCUT2D eigenvalue weighted by atomic mass is 9.79. The van der Waals surface area contributed by atoms with Gasteiger partial charge in [0.05, 0.1) is 28.4 Å². The van der Waals surface area contributed by atoms with Crippen molar-refractivity contribution >= 4 is 21.6 Å². The summed E-state index contributed by atoms with van der Waals surface area (Å²) in [7, 11) is 0. The molecule has 2 aromatic heterocycles. The Morgan fingerprint density at radius 3 is 2.64 bits per heavy atom.